The zero-order valence-electron chi connectivity index (χ0n) is 14.8. The Hall–Kier alpha value is -2.10. The molecule has 1 aliphatic rings. The second-order valence-electron chi connectivity index (χ2n) is 6.62. The van der Waals surface area contributed by atoms with Gasteiger partial charge in [0.25, 0.3) is 11.7 Å². The monoisotopic (exact) mass is 389 g/mol. The van der Waals surface area contributed by atoms with Crippen LogP contribution < -0.4 is 4.90 Å². The maximum absolute atomic E-state index is 12.5. The fraction of sp³-hybridized carbons (Fsp3) is 0.412. The predicted molar refractivity (Wildman–Crippen MR) is 102 cm³/mol. The number of nitrogens with one attached hydrogen (secondary N) is 1. The molecule has 0 aliphatic carbocycles. The molecule has 0 unspecified atom stereocenters. The molecule has 9 heteroatoms. The molecule has 1 aliphatic heterocycles. The lowest BCUT2D eigenvalue weighted by atomic mass is 10.3. The molecule has 0 saturated carbocycles. The number of nitrogens with zero attached hydrogens (tertiary/aromatic N) is 5. The number of aromatic nitrogens is 4. The van der Waals surface area contributed by atoms with E-state index in [2.05, 4.69) is 9.97 Å². The van der Waals surface area contributed by atoms with Gasteiger partial charge in [0.05, 0.1) is 31.1 Å². The first-order valence-electron chi connectivity index (χ1n) is 8.63. The molecule has 4 heterocycles. The van der Waals surface area contributed by atoms with Gasteiger partial charge in [0.2, 0.25) is 4.77 Å². The average Bonchev–Trinajstić information content (AvgIpc) is 3.24. The number of hydrogen-bond acceptors (Lipinski definition) is 5. The maximum Gasteiger partial charge on any atom is 0.264 e. The number of carbonyl (C=O) groups excluding carboxylic acids is 1. The van der Waals surface area contributed by atoms with Crippen LogP contribution in [0.15, 0.2) is 23.6 Å². The minimum atomic E-state index is 0.140. The van der Waals surface area contributed by atoms with E-state index in [0.717, 1.165) is 49.1 Å². The van der Waals surface area contributed by atoms with E-state index in [1.807, 2.05) is 51.5 Å². The Morgan fingerprint density at radius 2 is 2.08 bits per heavy atom. The van der Waals surface area contributed by atoms with Crippen LogP contribution in [-0.4, -0.2) is 56.2 Å². The highest BCUT2D eigenvalue weighted by atomic mass is 32.1. The Morgan fingerprint density at radius 3 is 2.77 bits per heavy atom. The first-order valence-corrected chi connectivity index (χ1v) is 9.92. The fourth-order valence-corrected chi connectivity index (χ4v) is 4.37. The van der Waals surface area contributed by atoms with Crippen LogP contribution in [-0.2, 0) is 6.67 Å². The second kappa shape index (κ2) is 6.90. The van der Waals surface area contributed by atoms with Crippen molar-refractivity contribution >= 4 is 35.2 Å². The number of amides is 1. The van der Waals surface area contributed by atoms with Crippen molar-refractivity contribution in [1.82, 2.24) is 24.1 Å². The summed E-state index contributed by atoms with van der Waals surface area (Å²) in [7, 11) is 0. The molecule has 3 aromatic rings. The van der Waals surface area contributed by atoms with Crippen molar-refractivity contribution in [2.24, 2.45) is 0 Å². The van der Waals surface area contributed by atoms with Gasteiger partial charge in [0.15, 0.2) is 6.67 Å². The SMILES string of the molecule is Cc1cc(C)n2c(n1)nc(=S)n2C[NH+]1CCN(C(=O)c2cccs2)CC1. The Labute approximate surface area is 160 Å². The second-order valence-corrected chi connectivity index (χ2v) is 7.94. The van der Waals surface area contributed by atoms with Gasteiger partial charge in [-0.3, -0.25) is 4.79 Å². The number of piperazine rings is 1. The Balaban J connectivity index is 1.48. The number of fused-ring (bicyclic) bond motifs is 1. The van der Waals surface area contributed by atoms with Crippen LogP contribution in [0.25, 0.3) is 5.78 Å². The Morgan fingerprint density at radius 1 is 1.31 bits per heavy atom. The minimum absolute atomic E-state index is 0.140. The highest BCUT2D eigenvalue weighted by molar-refractivity contribution is 7.71. The lowest BCUT2D eigenvalue weighted by molar-refractivity contribution is -0.927. The van der Waals surface area contributed by atoms with Crippen LogP contribution in [0.1, 0.15) is 21.1 Å². The highest BCUT2D eigenvalue weighted by Gasteiger charge is 2.26. The lowest BCUT2D eigenvalue weighted by Crippen LogP contribution is -3.14. The summed E-state index contributed by atoms with van der Waals surface area (Å²) >= 11 is 6.96. The third-order valence-corrected chi connectivity index (χ3v) is 5.90. The van der Waals surface area contributed by atoms with Crippen LogP contribution >= 0.6 is 23.6 Å². The van der Waals surface area contributed by atoms with E-state index >= 15 is 0 Å². The summed E-state index contributed by atoms with van der Waals surface area (Å²) in [6.45, 7) is 8.03. The largest absolute Gasteiger partial charge is 0.327 e. The third kappa shape index (κ3) is 3.17. The van der Waals surface area contributed by atoms with Gasteiger partial charge in [-0.15, -0.1) is 11.3 Å². The van der Waals surface area contributed by atoms with Crippen LogP contribution in [0.5, 0.6) is 0 Å². The van der Waals surface area contributed by atoms with Crippen molar-refractivity contribution in [1.29, 1.82) is 0 Å². The van der Waals surface area contributed by atoms with Gasteiger partial charge >= 0.3 is 0 Å². The summed E-state index contributed by atoms with van der Waals surface area (Å²) < 4.78 is 4.56. The first kappa shape index (κ1) is 17.3. The minimum Gasteiger partial charge on any atom is -0.327 e. The van der Waals surface area contributed by atoms with Gasteiger partial charge < -0.3 is 9.80 Å². The van der Waals surface area contributed by atoms with Gasteiger partial charge in [0, 0.05) is 11.4 Å². The molecule has 1 saturated heterocycles. The third-order valence-electron chi connectivity index (χ3n) is 4.74. The van der Waals surface area contributed by atoms with Crippen molar-refractivity contribution in [2.75, 3.05) is 26.2 Å². The number of carbonyl (C=O) groups is 1. The molecule has 0 bridgehead atoms. The average molecular weight is 390 g/mol. The Kier molecular flexibility index (Phi) is 4.60. The van der Waals surface area contributed by atoms with Crippen molar-refractivity contribution in [3.05, 3.63) is 44.6 Å². The topological polar surface area (TPSA) is 59.9 Å². The number of quaternary nitrogens is 1. The number of hydrogen-bond donors (Lipinski definition) is 1. The number of aryl methyl sites for hydroxylation is 2. The van der Waals surface area contributed by atoms with Crippen molar-refractivity contribution in [2.45, 2.75) is 20.5 Å². The van der Waals surface area contributed by atoms with Gasteiger partial charge in [-0.05, 0) is 43.6 Å². The van der Waals surface area contributed by atoms with Crippen LogP contribution in [0.4, 0.5) is 0 Å². The first-order chi connectivity index (χ1) is 12.5. The normalized spacial score (nSPS) is 15.7. The fourth-order valence-electron chi connectivity index (χ4n) is 3.45. The van der Waals surface area contributed by atoms with Gasteiger partial charge in [-0.2, -0.15) is 4.98 Å². The zero-order valence-corrected chi connectivity index (χ0v) is 16.4. The van der Waals surface area contributed by atoms with E-state index in [9.17, 15) is 4.79 Å². The molecule has 1 fully saturated rings. The highest BCUT2D eigenvalue weighted by Crippen LogP contribution is 2.12. The lowest BCUT2D eigenvalue weighted by Gasteiger charge is -2.32. The zero-order chi connectivity index (χ0) is 18.3. The molecular formula is C17H21N6OS2+. The van der Waals surface area contributed by atoms with Crippen LogP contribution in [0.2, 0.25) is 0 Å². The molecular weight excluding hydrogens is 368 g/mol. The molecule has 4 rings (SSSR count). The molecule has 0 aromatic carbocycles. The van der Waals surface area contributed by atoms with E-state index in [1.165, 1.54) is 16.2 Å². The van der Waals surface area contributed by atoms with Crippen molar-refractivity contribution < 1.29 is 9.69 Å². The van der Waals surface area contributed by atoms with Crippen molar-refractivity contribution in [3.8, 4) is 0 Å². The molecule has 3 aromatic heterocycles. The molecule has 1 amide bonds. The van der Waals surface area contributed by atoms with Crippen LogP contribution in [0.3, 0.4) is 0 Å². The van der Waals surface area contributed by atoms with Gasteiger partial charge in [-0.1, -0.05) is 6.07 Å². The molecule has 0 atom stereocenters. The molecule has 1 N–H and O–H groups in total. The van der Waals surface area contributed by atoms with E-state index in [1.54, 1.807) is 0 Å². The van der Waals surface area contributed by atoms with Gasteiger partial charge in [0.1, 0.15) is 0 Å². The smallest absolute Gasteiger partial charge is 0.264 e. The van der Waals surface area contributed by atoms with Crippen LogP contribution in [0, 0.1) is 18.6 Å². The summed E-state index contributed by atoms with van der Waals surface area (Å²) in [6, 6.07) is 5.85. The van der Waals surface area contributed by atoms with Gasteiger partial charge in [-0.25, -0.2) is 14.2 Å². The molecule has 0 spiro atoms. The molecule has 0 radical (unpaired) electrons. The molecule has 26 heavy (non-hydrogen) atoms. The summed E-state index contributed by atoms with van der Waals surface area (Å²) in [6.07, 6.45) is 0. The maximum atomic E-state index is 12.5. The summed E-state index contributed by atoms with van der Waals surface area (Å²) in [5.41, 5.74) is 2.01. The summed E-state index contributed by atoms with van der Waals surface area (Å²) in [4.78, 5) is 25.5. The summed E-state index contributed by atoms with van der Waals surface area (Å²) in [5, 5.41) is 1.94. The molecule has 7 nitrogen and oxygen atoms in total. The molecule has 136 valence electrons. The number of thiophene rings is 1. The van der Waals surface area contributed by atoms with E-state index in [-0.39, 0.29) is 5.91 Å². The quantitative estimate of drug-likeness (QED) is 0.678. The summed E-state index contributed by atoms with van der Waals surface area (Å²) in [5.74, 6) is 0.791. The van der Waals surface area contributed by atoms with Crippen molar-refractivity contribution in [3.63, 3.8) is 0 Å². The van der Waals surface area contributed by atoms with E-state index in [0.29, 0.717) is 10.5 Å². The van der Waals surface area contributed by atoms with E-state index in [4.69, 9.17) is 12.2 Å². The standard InChI is InChI=1S/C17H20N6OS2/c1-12-10-13(2)23-16(18-12)19-17(25)22(23)11-20-5-7-21(8-6-20)15(24)14-4-3-9-26-14/h3-4,9-10H,5-8,11H2,1-2H3/p+1. The Bertz CT molecular complexity index is 998. The van der Waals surface area contributed by atoms with E-state index < -0.39 is 0 Å². The predicted octanol–water partition coefficient (Wildman–Crippen LogP) is 0.937. The number of rotatable bonds is 3.